The summed E-state index contributed by atoms with van der Waals surface area (Å²) in [5.41, 5.74) is 3.62. The van der Waals surface area contributed by atoms with E-state index in [2.05, 4.69) is 0 Å². The molecule has 0 bridgehead atoms. The highest BCUT2D eigenvalue weighted by atomic mass is 16.2. The zero-order chi connectivity index (χ0) is 19.3. The molecule has 2 aromatic carbocycles. The van der Waals surface area contributed by atoms with Crippen LogP contribution in [0.4, 0.5) is 0 Å². The number of aldehydes is 1. The number of benzene rings is 2. The van der Waals surface area contributed by atoms with Gasteiger partial charge in [0.1, 0.15) is 0 Å². The number of carbonyl (C=O) groups excluding carboxylic acids is 3. The first-order valence-corrected chi connectivity index (χ1v) is 8.73. The molecule has 1 unspecified atom stereocenters. The third-order valence-electron chi connectivity index (χ3n) is 4.33. The van der Waals surface area contributed by atoms with Crippen LogP contribution in [0.3, 0.4) is 0 Å². The molecule has 0 radical (unpaired) electrons. The SMILES string of the molecule is Cc1cc(C)cc(C(=O)CC(C)CN(C)C(=O)c2ccccc2C=O)c1. The number of rotatable bonds is 7. The topological polar surface area (TPSA) is 54.5 Å². The van der Waals surface area contributed by atoms with E-state index in [-0.39, 0.29) is 17.6 Å². The van der Waals surface area contributed by atoms with Crippen molar-refractivity contribution in [3.63, 3.8) is 0 Å². The lowest BCUT2D eigenvalue weighted by molar-refractivity contribution is 0.0759. The van der Waals surface area contributed by atoms with Crippen molar-refractivity contribution in [3.05, 3.63) is 70.3 Å². The number of Topliss-reactive ketones (excluding diaryl/α,β-unsaturated/α-hetero) is 1. The van der Waals surface area contributed by atoms with Crippen LogP contribution >= 0.6 is 0 Å². The van der Waals surface area contributed by atoms with Crippen LogP contribution in [-0.2, 0) is 0 Å². The Morgan fingerprint density at radius 3 is 2.31 bits per heavy atom. The van der Waals surface area contributed by atoms with Crippen LogP contribution in [0.25, 0.3) is 0 Å². The van der Waals surface area contributed by atoms with Gasteiger partial charge in [-0.05, 0) is 38.0 Å². The van der Waals surface area contributed by atoms with E-state index >= 15 is 0 Å². The zero-order valence-corrected chi connectivity index (χ0v) is 15.8. The number of hydrogen-bond donors (Lipinski definition) is 0. The summed E-state index contributed by atoms with van der Waals surface area (Å²) in [4.78, 5) is 37.8. The molecule has 0 saturated heterocycles. The third kappa shape index (κ3) is 4.88. The van der Waals surface area contributed by atoms with Crippen LogP contribution < -0.4 is 0 Å². The molecule has 0 spiro atoms. The monoisotopic (exact) mass is 351 g/mol. The van der Waals surface area contributed by atoms with Gasteiger partial charge in [0.15, 0.2) is 12.1 Å². The van der Waals surface area contributed by atoms with Gasteiger partial charge in [0, 0.05) is 31.1 Å². The maximum Gasteiger partial charge on any atom is 0.254 e. The van der Waals surface area contributed by atoms with E-state index in [1.54, 1.807) is 36.2 Å². The molecule has 0 aliphatic heterocycles. The van der Waals surface area contributed by atoms with Crippen LogP contribution in [0, 0.1) is 19.8 Å². The van der Waals surface area contributed by atoms with Gasteiger partial charge in [-0.3, -0.25) is 14.4 Å². The van der Waals surface area contributed by atoms with Crippen LogP contribution in [0.15, 0.2) is 42.5 Å². The quantitative estimate of drug-likeness (QED) is 0.557. The average Bonchev–Trinajstić information content (AvgIpc) is 2.59. The Hall–Kier alpha value is -2.75. The second-order valence-corrected chi connectivity index (χ2v) is 7.00. The zero-order valence-electron chi connectivity index (χ0n) is 15.8. The van der Waals surface area contributed by atoms with E-state index in [0.29, 0.717) is 30.4 Å². The van der Waals surface area contributed by atoms with Crippen molar-refractivity contribution < 1.29 is 14.4 Å². The Morgan fingerprint density at radius 1 is 1.08 bits per heavy atom. The van der Waals surface area contributed by atoms with Gasteiger partial charge in [0.05, 0.1) is 5.56 Å². The van der Waals surface area contributed by atoms with E-state index < -0.39 is 0 Å². The van der Waals surface area contributed by atoms with Crippen molar-refractivity contribution in [2.24, 2.45) is 5.92 Å². The highest BCUT2D eigenvalue weighted by Gasteiger charge is 2.19. The lowest BCUT2D eigenvalue weighted by atomic mass is 9.96. The molecular formula is C22H25NO3. The Balaban J connectivity index is 2.02. The van der Waals surface area contributed by atoms with E-state index in [4.69, 9.17) is 0 Å². The van der Waals surface area contributed by atoms with Crippen molar-refractivity contribution in [1.29, 1.82) is 0 Å². The standard InChI is InChI=1S/C22H25NO3/c1-15-9-16(2)11-19(10-15)21(25)12-17(3)13-23(4)22(26)20-8-6-5-7-18(20)14-24/h5-11,14,17H,12-13H2,1-4H3. The number of aryl methyl sites for hydroxylation is 2. The summed E-state index contributed by atoms with van der Waals surface area (Å²) in [6.45, 7) is 6.35. The first-order valence-electron chi connectivity index (χ1n) is 8.73. The number of amides is 1. The van der Waals surface area contributed by atoms with E-state index in [1.165, 1.54) is 0 Å². The predicted octanol–water partition coefficient (Wildman–Crippen LogP) is 4.10. The highest BCUT2D eigenvalue weighted by Crippen LogP contribution is 2.16. The molecule has 0 aliphatic rings. The fraction of sp³-hybridized carbons (Fsp3) is 0.318. The second-order valence-electron chi connectivity index (χ2n) is 7.00. The van der Waals surface area contributed by atoms with Crippen molar-refractivity contribution in [3.8, 4) is 0 Å². The van der Waals surface area contributed by atoms with Crippen LogP contribution in [-0.4, -0.2) is 36.5 Å². The van der Waals surface area contributed by atoms with Crippen molar-refractivity contribution in [1.82, 2.24) is 4.90 Å². The summed E-state index contributed by atoms with van der Waals surface area (Å²) < 4.78 is 0. The summed E-state index contributed by atoms with van der Waals surface area (Å²) in [7, 11) is 1.70. The molecule has 2 aromatic rings. The van der Waals surface area contributed by atoms with Crippen molar-refractivity contribution in [2.45, 2.75) is 27.2 Å². The van der Waals surface area contributed by atoms with E-state index in [9.17, 15) is 14.4 Å². The predicted molar refractivity (Wildman–Crippen MR) is 103 cm³/mol. The minimum absolute atomic E-state index is 0.0145. The molecule has 0 N–H and O–H groups in total. The molecule has 0 fully saturated rings. The summed E-state index contributed by atoms with van der Waals surface area (Å²) >= 11 is 0. The molecular weight excluding hydrogens is 326 g/mol. The molecule has 1 amide bonds. The Kier molecular flexibility index (Phi) is 6.45. The van der Waals surface area contributed by atoms with Crippen molar-refractivity contribution in [2.75, 3.05) is 13.6 Å². The first-order chi connectivity index (χ1) is 12.3. The fourth-order valence-corrected chi connectivity index (χ4v) is 3.19. The maximum atomic E-state index is 12.6. The molecule has 1 atom stereocenters. The minimum Gasteiger partial charge on any atom is -0.341 e. The molecule has 0 aliphatic carbocycles. The number of nitrogens with zero attached hydrogens (tertiary/aromatic N) is 1. The van der Waals surface area contributed by atoms with Gasteiger partial charge in [0.2, 0.25) is 0 Å². The average molecular weight is 351 g/mol. The van der Waals surface area contributed by atoms with Crippen LogP contribution in [0.1, 0.15) is 55.5 Å². The van der Waals surface area contributed by atoms with Crippen LogP contribution in [0.2, 0.25) is 0 Å². The molecule has 0 heterocycles. The smallest absolute Gasteiger partial charge is 0.254 e. The largest absolute Gasteiger partial charge is 0.341 e. The van der Waals surface area contributed by atoms with Gasteiger partial charge in [-0.25, -0.2) is 0 Å². The number of carbonyl (C=O) groups is 3. The normalized spacial score (nSPS) is 11.7. The molecule has 26 heavy (non-hydrogen) atoms. The van der Waals surface area contributed by atoms with Gasteiger partial charge < -0.3 is 4.90 Å². The Morgan fingerprint density at radius 2 is 1.69 bits per heavy atom. The molecule has 0 saturated carbocycles. The minimum atomic E-state index is -0.210. The van der Waals surface area contributed by atoms with Gasteiger partial charge in [0.25, 0.3) is 5.91 Å². The lowest BCUT2D eigenvalue weighted by Gasteiger charge is -2.22. The Bertz CT molecular complexity index is 806. The molecule has 0 aromatic heterocycles. The summed E-state index contributed by atoms with van der Waals surface area (Å²) in [5.74, 6) is -0.113. The second kappa shape index (κ2) is 8.56. The highest BCUT2D eigenvalue weighted by molar-refractivity contribution is 6.01. The number of ketones is 1. The Labute approximate surface area is 154 Å². The molecule has 136 valence electrons. The summed E-state index contributed by atoms with van der Waals surface area (Å²) in [6, 6.07) is 12.6. The number of hydrogen-bond acceptors (Lipinski definition) is 3. The van der Waals surface area contributed by atoms with Crippen LogP contribution in [0.5, 0.6) is 0 Å². The van der Waals surface area contributed by atoms with E-state index in [0.717, 1.165) is 16.7 Å². The van der Waals surface area contributed by atoms with Gasteiger partial charge >= 0.3 is 0 Å². The van der Waals surface area contributed by atoms with Gasteiger partial charge in [-0.15, -0.1) is 0 Å². The summed E-state index contributed by atoms with van der Waals surface area (Å²) in [5, 5.41) is 0. The maximum absolute atomic E-state index is 12.6. The summed E-state index contributed by atoms with van der Waals surface area (Å²) in [6.07, 6.45) is 1.06. The third-order valence-corrected chi connectivity index (χ3v) is 4.33. The molecule has 4 heteroatoms. The van der Waals surface area contributed by atoms with Gasteiger partial charge in [-0.1, -0.05) is 42.3 Å². The van der Waals surface area contributed by atoms with Crippen molar-refractivity contribution >= 4 is 18.0 Å². The first kappa shape index (κ1) is 19.6. The van der Waals surface area contributed by atoms with E-state index in [1.807, 2.05) is 39.0 Å². The molecule has 4 nitrogen and oxygen atoms in total. The lowest BCUT2D eigenvalue weighted by Crippen LogP contribution is -2.32. The fourth-order valence-electron chi connectivity index (χ4n) is 3.19. The van der Waals surface area contributed by atoms with Gasteiger partial charge in [-0.2, -0.15) is 0 Å². The molecule has 2 rings (SSSR count).